The smallest absolute Gasteiger partial charge is 0.423 e. The Bertz CT molecular complexity index is 456. The molecule has 0 fully saturated rings. The molecule has 5 heteroatoms. The van der Waals surface area contributed by atoms with Crippen LogP contribution in [0.3, 0.4) is 0 Å². The summed E-state index contributed by atoms with van der Waals surface area (Å²) in [5, 5.41) is 19.8. The van der Waals surface area contributed by atoms with Crippen molar-refractivity contribution in [2.24, 2.45) is 0 Å². The van der Waals surface area contributed by atoms with Crippen LogP contribution >= 0.6 is 11.3 Å². The highest BCUT2D eigenvalue weighted by atomic mass is 32.1. The monoisotopic (exact) mass is 219 g/mol. The van der Waals surface area contributed by atoms with E-state index in [0.717, 1.165) is 10.4 Å². The first-order valence-corrected chi connectivity index (χ1v) is 5.36. The number of thiophene rings is 1. The van der Waals surface area contributed by atoms with Crippen LogP contribution in [0.5, 0.6) is 0 Å². The van der Waals surface area contributed by atoms with E-state index < -0.39 is 7.12 Å². The summed E-state index contributed by atoms with van der Waals surface area (Å²) in [7, 11) is -1.50. The molecule has 0 spiro atoms. The summed E-state index contributed by atoms with van der Waals surface area (Å²) in [4.78, 5) is 0.874. The summed E-state index contributed by atoms with van der Waals surface area (Å²) in [6.45, 7) is 0. The lowest BCUT2D eigenvalue weighted by Crippen LogP contribution is -2.30. The van der Waals surface area contributed by atoms with Gasteiger partial charge in [0.25, 0.3) is 0 Å². The minimum atomic E-state index is -1.50. The van der Waals surface area contributed by atoms with Crippen molar-refractivity contribution in [3.05, 3.63) is 35.7 Å². The fourth-order valence-corrected chi connectivity index (χ4v) is 2.40. The van der Waals surface area contributed by atoms with Crippen molar-refractivity contribution in [2.45, 2.75) is 0 Å². The third kappa shape index (κ3) is 1.90. The van der Waals surface area contributed by atoms with Crippen molar-refractivity contribution in [2.75, 3.05) is 5.73 Å². The normalized spacial score (nSPS) is 10.3. The van der Waals surface area contributed by atoms with Gasteiger partial charge in [0.1, 0.15) is 0 Å². The van der Waals surface area contributed by atoms with Gasteiger partial charge in [0.2, 0.25) is 0 Å². The molecule has 1 aromatic carbocycles. The van der Waals surface area contributed by atoms with Crippen LogP contribution in [0.4, 0.5) is 5.69 Å². The van der Waals surface area contributed by atoms with Crippen LogP contribution in [0.2, 0.25) is 0 Å². The average Bonchev–Trinajstić information content (AvgIpc) is 2.61. The van der Waals surface area contributed by atoms with Gasteiger partial charge >= 0.3 is 7.12 Å². The number of hydrogen-bond acceptors (Lipinski definition) is 4. The van der Waals surface area contributed by atoms with Crippen molar-refractivity contribution >= 4 is 29.6 Å². The van der Waals surface area contributed by atoms with Gasteiger partial charge in [0, 0.05) is 5.46 Å². The second-order valence-corrected chi connectivity index (χ2v) is 4.05. The standard InChI is InChI=1S/C10H10BNO2S/c12-9-8(11(13)14)6-15-10(9)7-4-2-1-3-5-7/h1-6,13-14H,12H2. The Labute approximate surface area is 91.9 Å². The molecule has 0 amide bonds. The Hall–Kier alpha value is -1.30. The Balaban J connectivity index is 2.47. The average molecular weight is 219 g/mol. The minimum absolute atomic E-state index is 0.374. The first-order valence-electron chi connectivity index (χ1n) is 4.48. The van der Waals surface area contributed by atoms with Gasteiger partial charge in [-0.2, -0.15) is 0 Å². The number of nitrogens with two attached hydrogens (primary N) is 1. The highest BCUT2D eigenvalue weighted by molar-refractivity contribution is 7.15. The highest BCUT2D eigenvalue weighted by Crippen LogP contribution is 2.29. The van der Waals surface area contributed by atoms with Crippen LogP contribution in [-0.4, -0.2) is 17.2 Å². The van der Waals surface area contributed by atoms with Gasteiger partial charge in [-0.25, -0.2) is 0 Å². The molecule has 15 heavy (non-hydrogen) atoms. The molecule has 4 N–H and O–H groups in total. The van der Waals surface area contributed by atoms with Crippen LogP contribution in [-0.2, 0) is 0 Å². The molecule has 0 bridgehead atoms. The van der Waals surface area contributed by atoms with Crippen molar-refractivity contribution in [3.63, 3.8) is 0 Å². The predicted molar refractivity (Wildman–Crippen MR) is 64.0 cm³/mol. The second-order valence-electron chi connectivity index (χ2n) is 3.17. The molecular weight excluding hydrogens is 209 g/mol. The molecule has 0 aliphatic heterocycles. The third-order valence-electron chi connectivity index (χ3n) is 2.17. The van der Waals surface area contributed by atoms with Crippen LogP contribution < -0.4 is 11.2 Å². The summed E-state index contributed by atoms with van der Waals surface area (Å²) >= 11 is 1.41. The van der Waals surface area contributed by atoms with E-state index in [4.69, 9.17) is 15.8 Å². The first-order chi connectivity index (χ1) is 7.20. The first kappa shape index (κ1) is 10.2. The number of rotatable bonds is 2. The molecule has 0 saturated carbocycles. The van der Waals surface area contributed by atoms with Crippen molar-refractivity contribution < 1.29 is 10.0 Å². The lowest BCUT2D eigenvalue weighted by molar-refractivity contribution is 0.426. The topological polar surface area (TPSA) is 66.5 Å². The Morgan fingerprint density at radius 2 is 1.80 bits per heavy atom. The molecule has 3 nitrogen and oxygen atoms in total. The summed E-state index contributed by atoms with van der Waals surface area (Å²) < 4.78 is 0. The van der Waals surface area contributed by atoms with Crippen LogP contribution in [0, 0.1) is 0 Å². The Morgan fingerprint density at radius 1 is 1.13 bits per heavy atom. The molecule has 76 valence electrons. The fraction of sp³-hybridized carbons (Fsp3) is 0. The molecular formula is C10H10BNO2S. The van der Waals surface area contributed by atoms with E-state index in [1.54, 1.807) is 5.38 Å². The van der Waals surface area contributed by atoms with E-state index in [1.165, 1.54) is 11.3 Å². The summed E-state index contributed by atoms with van der Waals surface area (Å²) in [5.74, 6) is 0. The van der Waals surface area contributed by atoms with Crippen molar-refractivity contribution in [3.8, 4) is 10.4 Å². The predicted octanol–water partition coefficient (Wildman–Crippen LogP) is 0.677. The summed E-state index contributed by atoms with van der Waals surface area (Å²) in [6.07, 6.45) is 0. The van der Waals surface area contributed by atoms with Gasteiger partial charge in [0.05, 0.1) is 10.6 Å². The van der Waals surface area contributed by atoms with Crippen molar-refractivity contribution in [1.82, 2.24) is 0 Å². The van der Waals surface area contributed by atoms with Gasteiger partial charge in [-0.15, -0.1) is 11.3 Å². The maximum absolute atomic E-state index is 9.05. The molecule has 1 heterocycles. The van der Waals surface area contributed by atoms with Crippen molar-refractivity contribution in [1.29, 1.82) is 0 Å². The molecule has 0 saturated heterocycles. The lowest BCUT2D eigenvalue weighted by Gasteiger charge is -2.01. The molecule has 2 rings (SSSR count). The lowest BCUT2D eigenvalue weighted by atomic mass is 9.81. The van der Waals surface area contributed by atoms with Gasteiger partial charge in [-0.05, 0) is 10.9 Å². The number of nitrogen functional groups attached to an aromatic ring is 1. The zero-order valence-corrected chi connectivity index (χ0v) is 8.74. The summed E-state index contributed by atoms with van der Waals surface area (Å²) in [6, 6.07) is 9.65. The van der Waals surface area contributed by atoms with Gasteiger partial charge in [0.15, 0.2) is 0 Å². The SMILES string of the molecule is Nc1c(B(O)O)csc1-c1ccccc1. The molecule has 0 radical (unpaired) electrons. The van der Waals surface area contributed by atoms with E-state index in [1.807, 2.05) is 30.3 Å². The molecule has 2 aromatic rings. The molecule has 1 aromatic heterocycles. The van der Waals surface area contributed by atoms with Gasteiger partial charge in [-0.1, -0.05) is 30.3 Å². The fourth-order valence-electron chi connectivity index (χ4n) is 1.39. The number of benzene rings is 1. The van der Waals surface area contributed by atoms with E-state index in [0.29, 0.717) is 11.2 Å². The zero-order valence-electron chi connectivity index (χ0n) is 7.92. The second kappa shape index (κ2) is 4.06. The largest absolute Gasteiger partial charge is 0.491 e. The minimum Gasteiger partial charge on any atom is -0.423 e. The van der Waals surface area contributed by atoms with E-state index in [2.05, 4.69) is 0 Å². The Kier molecular flexibility index (Phi) is 2.77. The van der Waals surface area contributed by atoms with E-state index in [-0.39, 0.29) is 0 Å². The maximum Gasteiger partial charge on any atom is 0.491 e. The van der Waals surface area contributed by atoms with Gasteiger partial charge in [-0.3, -0.25) is 0 Å². The molecule has 0 aliphatic rings. The molecule has 0 atom stereocenters. The van der Waals surface area contributed by atoms with E-state index in [9.17, 15) is 0 Å². The third-order valence-corrected chi connectivity index (χ3v) is 3.24. The maximum atomic E-state index is 9.05. The summed E-state index contributed by atoms with van der Waals surface area (Å²) in [5.41, 5.74) is 7.64. The quantitative estimate of drug-likeness (QED) is 0.650. The highest BCUT2D eigenvalue weighted by Gasteiger charge is 2.19. The van der Waals surface area contributed by atoms with Crippen LogP contribution in [0.25, 0.3) is 10.4 Å². The van der Waals surface area contributed by atoms with E-state index >= 15 is 0 Å². The number of hydrogen-bond donors (Lipinski definition) is 3. The molecule has 0 aliphatic carbocycles. The zero-order chi connectivity index (χ0) is 10.8. The van der Waals surface area contributed by atoms with Gasteiger partial charge < -0.3 is 15.8 Å². The number of anilines is 1. The van der Waals surface area contributed by atoms with Crippen LogP contribution in [0.15, 0.2) is 35.7 Å². The van der Waals surface area contributed by atoms with Crippen LogP contribution in [0.1, 0.15) is 0 Å². The Morgan fingerprint density at radius 3 is 2.33 bits per heavy atom. The molecule has 0 unspecified atom stereocenters.